The van der Waals surface area contributed by atoms with Gasteiger partial charge in [-0.2, -0.15) is 0 Å². The normalized spacial score (nSPS) is 14.2. The average molecular weight is 383 g/mol. The van der Waals surface area contributed by atoms with Crippen molar-refractivity contribution in [2.24, 2.45) is 4.99 Å². The maximum atomic E-state index is 11.7. The van der Waals surface area contributed by atoms with Crippen LogP contribution in [0.15, 0.2) is 23.2 Å². The third-order valence-corrected chi connectivity index (χ3v) is 6.33. The van der Waals surface area contributed by atoms with Crippen LogP contribution in [0, 0.1) is 0 Å². The number of nitrogens with zero attached hydrogens (tertiary/aromatic N) is 2. The second kappa shape index (κ2) is 9.78. The Balaban J connectivity index is 1.66. The molecule has 1 aliphatic rings. The van der Waals surface area contributed by atoms with Crippen LogP contribution in [-0.4, -0.2) is 64.8 Å². The summed E-state index contributed by atoms with van der Waals surface area (Å²) in [5, 5.41) is 6.51. The van der Waals surface area contributed by atoms with Gasteiger partial charge < -0.3 is 15.4 Å². The molecule has 0 radical (unpaired) electrons. The molecular formula is C18H30N4O3S. The molecule has 0 aliphatic carbocycles. The Hall–Kier alpha value is -1.80. The smallest absolute Gasteiger partial charge is 0.213 e. The molecule has 0 aromatic heterocycles. The first-order valence-electron chi connectivity index (χ1n) is 9.09. The number of ether oxygens (including phenoxy) is 1. The van der Waals surface area contributed by atoms with Gasteiger partial charge in [0.25, 0.3) is 0 Å². The average Bonchev–Trinajstić information content (AvgIpc) is 3.11. The van der Waals surface area contributed by atoms with Crippen molar-refractivity contribution in [1.29, 1.82) is 0 Å². The van der Waals surface area contributed by atoms with Crippen molar-refractivity contribution in [2.45, 2.75) is 26.2 Å². The van der Waals surface area contributed by atoms with Crippen molar-refractivity contribution >= 4 is 16.0 Å². The maximum Gasteiger partial charge on any atom is 0.213 e. The number of guanidine groups is 1. The van der Waals surface area contributed by atoms with Crippen molar-refractivity contribution in [2.75, 3.05) is 46.1 Å². The monoisotopic (exact) mass is 382 g/mol. The van der Waals surface area contributed by atoms with Crippen molar-refractivity contribution in [3.05, 3.63) is 29.3 Å². The summed E-state index contributed by atoms with van der Waals surface area (Å²) in [4.78, 5) is 4.20. The number of hydrogen-bond donors (Lipinski definition) is 2. The van der Waals surface area contributed by atoms with E-state index in [4.69, 9.17) is 4.74 Å². The highest BCUT2D eigenvalue weighted by atomic mass is 32.2. The molecule has 26 heavy (non-hydrogen) atoms. The first kappa shape index (κ1) is 20.5. The number of rotatable bonds is 9. The van der Waals surface area contributed by atoms with E-state index in [9.17, 15) is 8.42 Å². The predicted octanol–water partition coefficient (Wildman–Crippen LogP) is 1.00. The van der Waals surface area contributed by atoms with E-state index in [1.807, 2.05) is 6.07 Å². The van der Waals surface area contributed by atoms with Gasteiger partial charge in [0, 0.05) is 40.2 Å². The summed E-state index contributed by atoms with van der Waals surface area (Å²) < 4.78 is 30.3. The standard InChI is InChI=1S/C18H30N4O3S/c1-4-26(23,24)22(3)12-5-10-20-18(19-2)21-11-8-15-6-7-17-16(14-15)9-13-25-17/h6-7,14H,4-5,8-13H2,1-3H3,(H2,19,20,21). The van der Waals surface area contributed by atoms with Gasteiger partial charge in [-0.15, -0.1) is 0 Å². The molecule has 1 aromatic carbocycles. The lowest BCUT2D eigenvalue weighted by atomic mass is 10.1. The molecule has 2 N–H and O–H groups in total. The van der Waals surface area contributed by atoms with Gasteiger partial charge in [-0.3, -0.25) is 4.99 Å². The van der Waals surface area contributed by atoms with E-state index in [1.54, 1.807) is 21.0 Å². The van der Waals surface area contributed by atoms with Crippen LogP contribution in [0.5, 0.6) is 5.75 Å². The molecule has 0 atom stereocenters. The summed E-state index contributed by atoms with van der Waals surface area (Å²) in [6, 6.07) is 6.36. The van der Waals surface area contributed by atoms with E-state index in [0.29, 0.717) is 13.1 Å². The maximum absolute atomic E-state index is 11.7. The number of fused-ring (bicyclic) bond motifs is 1. The van der Waals surface area contributed by atoms with Crippen LogP contribution in [0.4, 0.5) is 0 Å². The van der Waals surface area contributed by atoms with E-state index in [1.165, 1.54) is 15.4 Å². The summed E-state index contributed by atoms with van der Waals surface area (Å²) in [5.41, 5.74) is 2.57. The van der Waals surface area contributed by atoms with E-state index in [2.05, 4.69) is 27.8 Å². The third kappa shape index (κ3) is 5.88. The zero-order valence-electron chi connectivity index (χ0n) is 15.9. The highest BCUT2D eigenvalue weighted by molar-refractivity contribution is 7.89. The van der Waals surface area contributed by atoms with E-state index in [-0.39, 0.29) is 5.75 Å². The van der Waals surface area contributed by atoms with E-state index >= 15 is 0 Å². The Kier molecular flexibility index (Phi) is 7.71. The van der Waals surface area contributed by atoms with Crippen molar-refractivity contribution in [1.82, 2.24) is 14.9 Å². The Morgan fingerprint density at radius 2 is 2.08 bits per heavy atom. The van der Waals surface area contributed by atoms with Crippen LogP contribution < -0.4 is 15.4 Å². The largest absolute Gasteiger partial charge is 0.493 e. The van der Waals surface area contributed by atoms with Gasteiger partial charge >= 0.3 is 0 Å². The molecule has 0 saturated carbocycles. The Labute approximate surface area is 156 Å². The first-order chi connectivity index (χ1) is 12.5. The van der Waals surface area contributed by atoms with Gasteiger partial charge in [-0.25, -0.2) is 12.7 Å². The molecule has 0 fully saturated rings. The molecule has 1 heterocycles. The molecule has 2 rings (SSSR count). The zero-order chi connectivity index (χ0) is 19.0. The van der Waals surface area contributed by atoms with Crippen LogP contribution in [0.2, 0.25) is 0 Å². The van der Waals surface area contributed by atoms with Crippen LogP contribution >= 0.6 is 0 Å². The van der Waals surface area contributed by atoms with Gasteiger partial charge in [-0.05, 0) is 37.0 Å². The van der Waals surface area contributed by atoms with Gasteiger partial charge in [0.05, 0.1) is 12.4 Å². The fourth-order valence-corrected chi connectivity index (χ4v) is 3.66. The molecule has 1 aliphatic heterocycles. The zero-order valence-corrected chi connectivity index (χ0v) is 16.7. The third-order valence-electron chi connectivity index (χ3n) is 4.47. The summed E-state index contributed by atoms with van der Waals surface area (Å²) in [6.45, 7) is 4.38. The minimum atomic E-state index is -3.10. The lowest BCUT2D eigenvalue weighted by molar-refractivity contribution is 0.357. The number of sulfonamides is 1. The second-order valence-electron chi connectivity index (χ2n) is 6.29. The minimum Gasteiger partial charge on any atom is -0.493 e. The summed E-state index contributed by atoms with van der Waals surface area (Å²) in [5.74, 6) is 1.87. The molecule has 0 amide bonds. The molecule has 0 saturated heterocycles. The van der Waals surface area contributed by atoms with Crippen molar-refractivity contribution in [3.8, 4) is 5.75 Å². The minimum absolute atomic E-state index is 0.134. The molecule has 0 bridgehead atoms. The quantitative estimate of drug-likeness (QED) is 0.378. The summed E-state index contributed by atoms with van der Waals surface area (Å²) >= 11 is 0. The van der Waals surface area contributed by atoms with Crippen molar-refractivity contribution in [3.63, 3.8) is 0 Å². The van der Waals surface area contributed by atoms with Gasteiger partial charge in [-0.1, -0.05) is 12.1 Å². The van der Waals surface area contributed by atoms with Crippen LogP contribution in [0.1, 0.15) is 24.5 Å². The van der Waals surface area contributed by atoms with Crippen LogP contribution in [0.3, 0.4) is 0 Å². The highest BCUT2D eigenvalue weighted by Crippen LogP contribution is 2.25. The van der Waals surface area contributed by atoms with Crippen molar-refractivity contribution < 1.29 is 13.2 Å². The number of nitrogens with one attached hydrogen (secondary N) is 2. The van der Waals surface area contributed by atoms with E-state index in [0.717, 1.165) is 44.1 Å². The first-order valence-corrected chi connectivity index (χ1v) is 10.7. The van der Waals surface area contributed by atoms with Gasteiger partial charge in [0.15, 0.2) is 5.96 Å². The lowest BCUT2D eigenvalue weighted by Gasteiger charge is -2.17. The molecule has 7 nitrogen and oxygen atoms in total. The van der Waals surface area contributed by atoms with E-state index < -0.39 is 10.0 Å². The molecule has 146 valence electrons. The summed E-state index contributed by atoms with van der Waals surface area (Å²) in [7, 11) is 0.248. The Morgan fingerprint density at radius 3 is 2.81 bits per heavy atom. The predicted molar refractivity (Wildman–Crippen MR) is 105 cm³/mol. The highest BCUT2D eigenvalue weighted by Gasteiger charge is 2.14. The topological polar surface area (TPSA) is 83.0 Å². The van der Waals surface area contributed by atoms with Gasteiger partial charge in [0.1, 0.15) is 5.75 Å². The van der Waals surface area contributed by atoms with Crippen LogP contribution in [0.25, 0.3) is 0 Å². The fourth-order valence-electron chi connectivity index (χ4n) is 2.81. The number of benzene rings is 1. The SMILES string of the molecule is CCS(=O)(=O)N(C)CCCNC(=NC)NCCc1ccc2c(c1)CCO2. The van der Waals surface area contributed by atoms with Gasteiger partial charge in [0.2, 0.25) is 10.0 Å². The number of hydrogen-bond acceptors (Lipinski definition) is 4. The summed E-state index contributed by atoms with van der Waals surface area (Å²) in [6.07, 6.45) is 2.62. The molecule has 1 aromatic rings. The molecule has 8 heteroatoms. The Morgan fingerprint density at radius 1 is 1.31 bits per heavy atom. The number of aliphatic imine (C=N–C) groups is 1. The molecular weight excluding hydrogens is 352 g/mol. The lowest BCUT2D eigenvalue weighted by Crippen LogP contribution is -2.39. The molecule has 0 spiro atoms. The fraction of sp³-hybridized carbons (Fsp3) is 0.611. The van der Waals surface area contributed by atoms with Crippen LogP contribution in [-0.2, 0) is 22.9 Å². The second-order valence-corrected chi connectivity index (χ2v) is 8.66. The Bertz CT molecular complexity index is 719. The molecule has 0 unspecified atom stereocenters.